The largest absolute Gasteiger partial charge is 0.392 e. The smallest absolute Gasteiger partial charge is 0.150 e. The van der Waals surface area contributed by atoms with Gasteiger partial charge in [0.1, 0.15) is 6.23 Å². The number of benzene rings is 1. The molecule has 0 spiro atoms. The van der Waals surface area contributed by atoms with E-state index in [1.54, 1.807) is 0 Å². The zero-order valence-corrected chi connectivity index (χ0v) is 11.9. The normalized spacial score (nSPS) is 18.9. The highest BCUT2D eigenvalue weighted by Gasteiger charge is 2.17. The molecule has 0 radical (unpaired) electrons. The van der Waals surface area contributed by atoms with Gasteiger partial charge in [0, 0.05) is 18.4 Å². The maximum absolute atomic E-state index is 9.38. The molecular formula is C16H20N2O3. The van der Waals surface area contributed by atoms with Crippen LogP contribution in [0.2, 0.25) is 0 Å². The minimum Gasteiger partial charge on any atom is -0.392 e. The molecular weight excluding hydrogens is 268 g/mol. The molecule has 0 bridgehead atoms. The Morgan fingerprint density at radius 3 is 2.71 bits per heavy atom. The summed E-state index contributed by atoms with van der Waals surface area (Å²) >= 11 is 0. The molecule has 1 aromatic carbocycles. The van der Waals surface area contributed by atoms with Gasteiger partial charge < -0.3 is 14.9 Å². The summed E-state index contributed by atoms with van der Waals surface area (Å²) in [5.74, 6) is 0. The van der Waals surface area contributed by atoms with Crippen LogP contribution < -0.4 is 0 Å². The topological polar surface area (TPSA) is 67.5 Å². The maximum atomic E-state index is 9.38. The second kappa shape index (κ2) is 6.39. The quantitative estimate of drug-likeness (QED) is 0.905. The molecule has 1 atom stereocenters. The number of nitrogens with zero attached hydrogens (tertiary/aromatic N) is 2. The molecule has 3 rings (SSSR count). The van der Waals surface area contributed by atoms with E-state index in [0.29, 0.717) is 0 Å². The van der Waals surface area contributed by atoms with E-state index in [2.05, 4.69) is 5.10 Å². The first-order chi connectivity index (χ1) is 10.3. The van der Waals surface area contributed by atoms with E-state index in [1.807, 2.05) is 35.3 Å². The summed E-state index contributed by atoms with van der Waals surface area (Å²) in [4.78, 5) is 0. The molecule has 2 heterocycles. The Hall–Kier alpha value is -1.69. The van der Waals surface area contributed by atoms with Gasteiger partial charge in [0.05, 0.1) is 19.4 Å². The summed E-state index contributed by atoms with van der Waals surface area (Å²) in [5.41, 5.74) is 3.47. The Morgan fingerprint density at radius 1 is 1.14 bits per heavy atom. The van der Waals surface area contributed by atoms with Gasteiger partial charge in [-0.15, -0.1) is 0 Å². The molecule has 2 N–H and O–H groups in total. The van der Waals surface area contributed by atoms with Crippen molar-refractivity contribution in [2.24, 2.45) is 0 Å². The number of ether oxygens (including phenoxy) is 1. The number of aliphatic hydroxyl groups excluding tert-OH is 2. The summed E-state index contributed by atoms with van der Waals surface area (Å²) in [6.07, 6.45) is 7.10. The fraction of sp³-hybridized carbons (Fsp3) is 0.438. The van der Waals surface area contributed by atoms with Gasteiger partial charge in [0.2, 0.25) is 0 Å². The van der Waals surface area contributed by atoms with Gasteiger partial charge in [0.15, 0.2) is 0 Å². The second-order valence-electron chi connectivity index (χ2n) is 5.33. The average Bonchev–Trinajstić information content (AvgIpc) is 3.05. The summed E-state index contributed by atoms with van der Waals surface area (Å²) in [7, 11) is 0. The lowest BCUT2D eigenvalue weighted by Crippen LogP contribution is -2.18. The van der Waals surface area contributed by atoms with Crippen LogP contribution in [0.1, 0.15) is 36.6 Å². The molecule has 5 heteroatoms. The summed E-state index contributed by atoms with van der Waals surface area (Å²) < 4.78 is 7.59. The van der Waals surface area contributed by atoms with Crippen molar-refractivity contribution < 1.29 is 14.9 Å². The number of aliphatic hydroxyl groups is 2. The highest BCUT2D eigenvalue weighted by Crippen LogP contribution is 2.26. The fourth-order valence-corrected chi connectivity index (χ4v) is 2.68. The van der Waals surface area contributed by atoms with Crippen LogP contribution in [0.5, 0.6) is 0 Å². The predicted molar refractivity (Wildman–Crippen MR) is 78.3 cm³/mol. The zero-order chi connectivity index (χ0) is 14.7. The zero-order valence-electron chi connectivity index (χ0n) is 11.9. The third-order valence-corrected chi connectivity index (χ3v) is 3.93. The molecule has 1 saturated heterocycles. The predicted octanol–water partition coefficient (Wildman–Crippen LogP) is 2.23. The number of hydrogen-bond acceptors (Lipinski definition) is 4. The molecule has 21 heavy (non-hydrogen) atoms. The Balaban J connectivity index is 1.85. The molecule has 1 aliphatic rings. The number of aromatic nitrogens is 2. The van der Waals surface area contributed by atoms with Crippen LogP contribution in [0, 0.1) is 0 Å². The van der Waals surface area contributed by atoms with Crippen LogP contribution in [0.25, 0.3) is 11.1 Å². The molecule has 1 aliphatic heterocycles. The first kappa shape index (κ1) is 14.3. The molecule has 0 aliphatic carbocycles. The minimum atomic E-state index is -0.0798. The first-order valence-electron chi connectivity index (χ1n) is 7.31. The van der Waals surface area contributed by atoms with Crippen LogP contribution in [0.3, 0.4) is 0 Å². The van der Waals surface area contributed by atoms with Gasteiger partial charge in [-0.2, -0.15) is 5.10 Å². The van der Waals surface area contributed by atoms with Crippen LogP contribution >= 0.6 is 0 Å². The second-order valence-corrected chi connectivity index (χ2v) is 5.33. The van der Waals surface area contributed by atoms with Crippen LogP contribution in [0.4, 0.5) is 0 Å². The van der Waals surface area contributed by atoms with Crippen molar-refractivity contribution in [2.45, 2.75) is 38.7 Å². The first-order valence-corrected chi connectivity index (χ1v) is 7.31. The van der Waals surface area contributed by atoms with Crippen molar-refractivity contribution in [1.82, 2.24) is 9.78 Å². The van der Waals surface area contributed by atoms with E-state index in [1.165, 1.54) is 6.42 Å². The van der Waals surface area contributed by atoms with Crippen molar-refractivity contribution in [1.29, 1.82) is 0 Å². The summed E-state index contributed by atoms with van der Waals surface area (Å²) in [6.45, 7) is 0.647. The third-order valence-electron chi connectivity index (χ3n) is 3.93. The Morgan fingerprint density at radius 2 is 2.00 bits per heavy atom. The van der Waals surface area contributed by atoms with Crippen LogP contribution in [-0.2, 0) is 18.0 Å². The van der Waals surface area contributed by atoms with Crippen molar-refractivity contribution in [3.05, 3.63) is 41.7 Å². The Bertz CT molecular complexity index is 603. The lowest BCUT2D eigenvalue weighted by Gasteiger charge is -2.22. The van der Waals surface area contributed by atoms with Gasteiger partial charge in [-0.3, -0.25) is 0 Å². The van der Waals surface area contributed by atoms with Gasteiger partial charge in [0.25, 0.3) is 0 Å². The molecule has 1 fully saturated rings. The lowest BCUT2D eigenvalue weighted by atomic mass is 10.0. The van der Waals surface area contributed by atoms with E-state index in [-0.39, 0.29) is 19.4 Å². The van der Waals surface area contributed by atoms with E-state index >= 15 is 0 Å². The number of rotatable bonds is 4. The standard InChI is InChI=1S/C16H20N2O3/c19-10-13-5-4-12(7-14(13)11-20)15-8-17-18(9-15)16-3-1-2-6-21-16/h4-5,7-9,16,19-20H,1-3,6,10-11H2. The van der Waals surface area contributed by atoms with Crippen molar-refractivity contribution >= 4 is 0 Å². The lowest BCUT2D eigenvalue weighted by molar-refractivity contribution is -0.0394. The highest BCUT2D eigenvalue weighted by molar-refractivity contribution is 5.63. The van der Waals surface area contributed by atoms with Crippen molar-refractivity contribution in [3.63, 3.8) is 0 Å². The monoisotopic (exact) mass is 288 g/mol. The minimum absolute atomic E-state index is 0.0292. The summed E-state index contributed by atoms with van der Waals surface area (Å²) in [5, 5.41) is 23.0. The Kier molecular flexibility index (Phi) is 4.34. The van der Waals surface area contributed by atoms with E-state index < -0.39 is 0 Å². The van der Waals surface area contributed by atoms with Gasteiger partial charge >= 0.3 is 0 Å². The van der Waals surface area contributed by atoms with Gasteiger partial charge in [-0.1, -0.05) is 12.1 Å². The molecule has 1 unspecified atom stereocenters. The molecule has 2 aromatic rings. The van der Waals surface area contributed by atoms with Gasteiger partial charge in [-0.25, -0.2) is 4.68 Å². The molecule has 0 amide bonds. The van der Waals surface area contributed by atoms with Crippen molar-refractivity contribution in [2.75, 3.05) is 6.61 Å². The molecule has 0 saturated carbocycles. The highest BCUT2D eigenvalue weighted by atomic mass is 16.5. The fourth-order valence-electron chi connectivity index (χ4n) is 2.68. The molecule has 112 valence electrons. The third kappa shape index (κ3) is 3.00. The van der Waals surface area contributed by atoms with Crippen molar-refractivity contribution in [3.8, 4) is 11.1 Å². The van der Waals surface area contributed by atoms with E-state index in [9.17, 15) is 10.2 Å². The molecule has 5 nitrogen and oxygen atoms in total. The Labute approximate surface area is 123 Å². The summed E-state index contributed by atoms with van der Waals surface area (Å²) in [6, 6.07) is 5.68. The average molecular weight is 288 g/mol. The molecule has 1 aromatic heterocycles. The van der Waals surface area contributed by atoms with Crippen LogP contribution in [-0.4, -0.2) is 26.6 Å². The van der Waals surface area contributed by atoms with Crippen LogP contribution in [0.15, 0.2) is 30.6 Å². The van der Waals surface area contributed by atoms with Gasteiger partial charge in [-0.05, 0) is 42.0 Å². The van der Waals surface area contributed by atoms with E-state index in [0.717, 1.165) is 41.7 Å². The SMILES string of the molecule is OCc1ccc(-c2cnn(C3CCCCO3)c2)cc1CO. The van der Waals surface area contributed by atoms with E-state index in [4.69, 9.17) is 4.74 Å². The number of hydrogen-bond donors (Lipinski definition) is 2. The maximum Gasteiger partial charge on any atom is 0.150 e.